The normalized spacial score (nSPS) is 31.0. The minimum absolute atomic E-state index is 1.06. The van der Waals surface area contributed by atoms with Gasteiger partial charge in [-0.15, -0.1) is 0 Å². The predicted molar refractivity (Wildman–Crippen MR) is 69.6 cm³/mol. The minimum Gasteiger partial charge on any atom is -0.303 e. The molecule has 0 radical (unpaired) electrons. The summed E-state index contributed by atoms with van der Waals surface area (Å²) in [5, 5.41) is 0. The molecule has 1 saturated heterocycles. The van der Waals surface area contributed by atoms with Gasteiger partial charge in [-0.25, -0.2) is 0 Å². The van der Waals surface area contributed by atoms with Crippen LogP contribution in [-0.4, -0.2) is 30.3 Å². The fourth-order valence-electron chi connectivity index (χ4n) is 3.32. The van der Waals surface area contributed by atoms with Gasteiger partial charge in [-0.05, 0) is 49.8 Å². The van der Waals surface area contributed by atoms with Crippen molar-refractivity contribution < 1.29 is 0 Å². The first-order valence-electron chi connectivity index (χ1n) is 6.73. The van der Waals surface area contributed by atoms with Crippen molar-refractivity contribution in [2.24, 2.45) is 11.8 Å². The third-order valence-electron chi connectivity index (χ3n) is 4.18. The van der Waals surface area contributed by atoms with E-state index in [4.69, 9.17) is 0 Å². The molecule has 1 heterocycles. The summed E-state index contributed by atoms with van der Waals surface area (Å²) in [5.41, 5.74) is 0. The zero-order chi connectivity index (χ0) is 10.5. The zero-order valence-electron chi connectivity index (χ0n) is 9.83. The van der Waals surface area contributed by atoms with Crippen molar-refractivity contribution in [3.05, 3.63) is 0 Å². The molecule has 0 N–H and O–H groups in total. The fourth-order valence-corrected chi connectivity index (χ4v) is 3.54. The molecule has 1 aliphatic heterocycles. The minimum atomic E-state index is 1.06. The van der Waals surface area contributed by atoms with E-state index in [2.05, 4.69) is 17.5 Å². The molecular weight excluding hydrogens is 202 g/mol. The van der Waals surface area contributed by atoms with Gasteiger partial charge < -0.3 is 4.90 Å². The molecule has 1 nitrogen and oxygen atoms in total. The standard InChI is InChI=1S/C13H25NS/c15-9-4-2-1-3-8-14-10-12-6-5-7-13(12)11-14/h12-13,15H,1-11H2. The first-order valence-corrected chi connectivity index (χ1v) is 7.36. The molecule has 2 unspecified atom stereocenters. The number of unbranched alkanes of at least 4 members (excludes halogenated alkanes) is 3. The summed E-state index contributed by atoms with van der Waals surface area (Å²) in [7, 11) is 0. The van der Waals surface area contributed by atoms with Crippen molar-refractivity contribution in [3.8, 4) is 0 Å². The Morgan fingerprint density at radius 2 is 1.60 bits per heavy atom. The van der Waals surface area contributed by atoms with Crippen LogP contribution in [0.15, 0.2) is 0 Å². The van der Waals surface area contributed by atoms with E-state index in [0.29, 0.717) is 0 Å². The van der Waals surface area contributed by atoms with Crippen LogP contribution in [0.5, 0.6) is 0 Å². The van der Waals surface area contributed by atoms with Gasteiger partial charge in [-0.3, -0.25) is 0 Å². The molecule has 1 aliphatic carbocycles. The van der Waals surface area contributed by atoms with Crippen LogP contribution in [0.2, 0.25) is 0 Å². The summed E-state index contributed by atoms with van der Waals surface area (Å²) >= 11 is 4.24. The van der Waals surface area contributed by atoms with Crippen LogP contribution in [0.25, 0.3) is 0 Å². The van der Waals surface area contributed by atoms with Crippen LogP contribution in [0.4, 0.5) is 0 Å². The van der Waals surface area contributed by atoms with E-state index in [0.717, 1.165) is 17.6 Å². The molecule has 0 bridgehead atoms. The lowest BCUT2D eigenvalue weighted by molar-refractivity contribution is 0.303. The van der Waals surface area contributed by atoms with Crippen molar-refractivity contribution in [3.63, 3.8) is 0 Å². The van der Waals surface area contributed by atoms with Gasteiger partial charge >= 0.3 is 0 Å². The zero-order valence-corrected chi connectivity index (χ0v) is 10.7. The summed E-state index contributed by atoms with van der Waals surface area (Å²) in [6, 6.07) is 0. The first-order chi connectivity index (χ1) is 7.40. The summed E-state index contributed by atoms with van der Waals surface area (Å²) in [6.07, 6.45) is 10.0. The van der Waals surface area contributed by atoms with Gasteiger partial charge in [0.05, 0.1) is 0 Å². The van der Waals surface area contributed by atoms with Gasteiger partial charge in [0.15, 0.2) is 0 Å². The number of likely N-dealkylation sites (tertiary alicyclic amines) is 1. The van der Waals surface area contributed by atoms with Crippen LogP contribution in [0.1, 0.15) is 44.9 Å². The van der Waals surface area contributed by atoms with Gasteiger partial charge in [0.25, 0.3) is 0 Å². The quantitative estimate of drug-likeness (QED) is 0.539. The predicted octanol–water partition coefficient (Wildman–Crippen LogP) is 3.21. The van der Waals surface area contributed by atoms with Crippen molar-refractivity contribution >= 4 is 12.6 Å². The Kier molecular flexibility index (Phi) is 4.83. The summed E-state index contributed by atoms with van der Waals surface area (Å²) < 4.78 is 0. The van der Waals surface area contributed by atoms with Gasteiger partial charge in [0.1, 0.15) is 0 Å². The third-order valence-corrected chi connectivity index (χ3v) is 4.50. The molecule has 2 heteroatoms. The second-order valence-corrected chi connectivity index (χ2v) is 5.80. The van der Waals surface area contributed by atoms with Crippen molar-refractivity contribution in [2.75, 3.05) is 25.4 Å². The Morgan fingerprint density at radius 3 is 2.27 bits per heavy atom. The molecule has 0 aromatic carbocycles. The van der Waals surface area contributed by atoms with E-state index in [1.807, 2.05) is 0 Å². The Morgan fingerprint density at radius 1 is 0.933 bits per heavy atom. The molecule has 88 valence electrons. The van der Waals surface area contributed by atoms with Crippen molar-refractivity contribution in [1.82, 2.24) is 4.90 Å². The molecule has 0 spiro atoms. The SMILES string of the molecule is SCCCCCCN1CC2CCCC2C1. The Balaban J connectivity index is 1.53. The molecule has 2 aliphatic rings. The lowest BCUT2D eigenvalue weighted by atomic mass is 10.0. The van der Waals surface area contributed by atoms with Crippen molar-refractivity contribution in [2.45, 2.75) is 44.9 Å². The first kappa shape index (κ1) is 11.8. The lowest BCUT2D eigenvalue weighted by Crippen LogP contribution is -2.22. The Bertz CT molecular complexity index is 171. The number of rotatable bonds is 6. The maximum atomic E-state index is 4.24. The smallest absolute Gasteiger partial charge is 0.00129 e. The molecule has 2 fully saturated rings. The van der Waals surface area contributed by atoms with Gasteiger partial charge in [-0.2, -0.15) is 12.6 Å². The second kappa shape index (κ2) is 6.15. The second-order valence-electron chi connectivity index (χ2n) is 5.35. The fraction of sp³-hybridized carbons (Fsp3) is 1.00. The monoisotopic (exact) mass is 227 g/mol. The molecule has 0 amide bonds. The molecule has 0 aromatic heterocycles. The van der Waals surface area contributed by atoms with E-state index in [1.54, 1.807) is 0 Å². The molecule has 2 rings (SSSR count). The van der Waals surface area contributed by atoms with Crippen LogP contribution < -0.4 is 0 Å². The van der Waals surface area contributed by atoms with Crippen LogP contribution in [-0.2, 0) is 0 Å². The average molecular weight is 227 g/mol. The van der Waals surface area contributed by atoms with Crippen LogP contribution in [0, 0.1) is 11.8 Å². The average Bonchev–Trinajstić information content (AvgIpc) is 2.77. The van der Waals surface area contributed by atoms with E-state index < -0.39 is 0 Å². The molecule has 15 heavy (non-hydrogen) atoms. The van der Waals surface area contributed by atoms with Crippen LogP contribution in [0.3, 0.4) is 0 Å². The number of hydrogen-bond acceptors (Lipinski definition) is 2. The van der Waals surface area contributed by atoms with E-state index in [1.165, 1.54) is 64.6 Å². The molecule has 0 aromatic rings. The van der Waals surface area contributed by atoms with Gasteiger partial charge in [0.2, 0.25) is 0 Å². The topological polar surface area (TPSA) is 3.24 Å². The highest BCUT2D eigenvalue weighted by molar-refractivity contribution is 7.80. The van der Waals surface area contributed by atoms with Crippen LogP contribution >= 0.6 is 12.6 Å². The maximum Gasteiger partial charge on any atom is 0.00129 e. The number of nitrogens with zero attached hydrogens (tertiary/aromatic N) is 1. The summed E-state index contributed by atoms with van der Waals surface area (Å²) in [5.74, 6) is 3.21. The van der Waals surface area contributed by atoms with Gasteiger partial charge in [0, 0.05) is 13.1 Å². The third kappa shape index (κ3) is 3.39. The highest BCUT2D eigenvalue weighted by Crippen LogP contribution is 2.37. The molecule has 2 atom stereocenters. The van der Waals surface area contributed by atoms with E-state index >= 15 is 0 Å². The Labute approximate surface area is 100 Å². The lowest BCUT2D eigenvalue weighted by Gasteiger charge is -2.16. The number of hydrogen-bond donors (Lipinski definition) is 1. The summed E-state index contributed by atoms with van der Waals surface area (Å²) in [6.45, 7) is 4.19. The maximum absolute atomic E-state index is 4.24. The number of fused-ring (bicyclic) bond motifs is 1. The summed E-state index contributed by atoms with van der Waals surface area (Å²) in [4.78, 5) is 2.72. The van der Waals surface area contributed by atoms with E-state index in [-0.39, 0.29) is 0 Å². The highest BCUT2D eigenvalue weighted by Gasteiger charge is 2.35. The van der Waals surface area contributed by atoms with Crippen molar-refractivity contribution in [1.29, 1.82) is 0 Å². The highest BCUT2D eigenvalue weighted by atomic mass is 32.1. The Hall–Kier alpha value is 0.310. The molecule has 1 saturated carbocycles. The van der Waals surface area contributed by atoms with Gasteiger partial charge in [-0.1, -0.05) is 19.3 Å². The van der Waals surface area contributed by atoms with E-state index in [9.17, 15) is 0 Å². The molecular formula is C13H25NS. The number of thiol groups is 1. The largest absolute Gasteiger partial charge is 0.303 e.